The standard InChI is InChI=1S/C16H30N2O3S.ClH/c1-2-9-18(14-6-10-22(20,21)12-14)15(19)11-16(13-17)7-4-3-5-8-16;/h14H,2-13,17H2,1H3;1H. The molecule has 0 spiro atoms. The number of hydrogen-bond donors (Lipinski definition) is 1. The SMILES string of the molecule is CCCN(C(=O)CC1(CN)CCCCC1)C1CCS(=O)(=O)C1.Cl. The minimum absolute atomic E-state index is 0. The maximum absolute atomic E-state index is 12.8. The van der Waals surface area contributed by atoms with Gasteiger partial charge < -0.3 is 10.6 Å². The molecule has 2 aliphatic rings. The van der Waals surface area contributed by atoms with Gasteiger partial charge in [-0.25, -0.2) is 8.42 Å². The predicted octanol–water partition coefficient (Wildman–Crippen LogP) is 2.13. The number of nitrogens with zero attached hydrogens (tertiary/aromatic N) is 1. The van der Waals surface area contributed by atoms with Gasteiger partial charge in [-0.15, -0.1) is 12.4 Å². The smallest absolute Gasteiger partial charge is 0.223 e. The van der Waals surface area contributed by atoms with Gasteiger partial charge >= 0.3 is 0 Å². The van der Waals surface area contributed by atoms with Gasteiger partial charge in [0.2, 0.25) is 5.91 Å². The summed E-state index contributed by atoms with van der Waals surface area (Å²) in [6.45, 7) is 3.24. The number of nitrogens with two attached hydrogens (primary N) is 1. The van der Waals surface area contributed by atoms with Gasteiger partial charge in [-0.05, 0) is 37.6 Å². The second-order valence-electron chi connectivity index (χ2n) is 7.09. The summed E-state index contributed by atoms with van der Waals surface area (Å²) in [5.74, 6) is 0.456. The molecule has 1 saturated heterocycles. The van der Waals surface area contributed by atoms with Gasteiger partial charge in [-0.2, -0.15) is 0 Å². The molecule has 1 aliphatic carbocycles. The molecule has 1 atom stereocenters. The summed E-state index contributed by atoms with van der Waals surface area (Å²) in [5.41, 5.74) is 5.93. The van der Waals surface area contributed by atoms with E-state index < -0.39 is 9.84 Å². The van der Waals surface area contributed by atoms with Crippen molar-refractivity contribution < 1.29 is 13.2 Å². The van der Waals surface area contributed by atoms with Gasteiger partial charge in [0.05, 0.1) is 11.5 Å². The molecule has 0 aromatic rings. The lowest BCUT2D eigenvalue weighted by atomic mass is 9.71. The number of hydrogen-bond acceptors (Lipinski definition) is 4. The average Bonchev–Trinajstić information content (AvgIpc) is 2.85. The van der Waals surface area contributed by atoms with E-state index >= 15 is 0 Å². The van der Waals surface area contributed by atoms with Crippen LogP contribution >= 0.6 is 12.4 Å². The van der Waals surface area contributed by atoms with Crippen LogP contribution in [0.1, 0.15) is 58.3 Å². The van der Waals surface area contributed by atoms with E-state index in [-0.39, 0.29) is 41.3 Å². The van der Waals surface area contributed by atoms with Crippen molar-refractivity contribution in [2.24, 2.45) is 11.1 Å². The fraction of sp³-hybridized carbons (Fsp3) is 0.938. The molecule has 136 valence electrons. The molecule has 0 bridgehead atoms. The highest BCUT2D eigenvalue weighted by atomic mass is 35.5. The van der Waals surface area contributed by atoms with Crippen LogP contribution in [0, 0.1) is 5.41 Å². The zero-order valence-corrected chi connectivity index (χ0v) is 15.8. The van der Waals surface area contributed by atoms with Crippen molar-refractivity contribution in [2.45, 2.75) is 64.3 Å². The van der Waals surface area contributed by atoms with Crippen molar-refractivity contribution in [3.8, 4) is 0 Å². The van der Waals surface area contributed by atoms with Crippen LogP contribution in [0.2, 0.25) is 0 Å². The number of carbonyl (C=O) groups excluding carboxylic acids is 1. The maximum Gasteiger partial charge on any atom is 0.223 e. The molecule has 7 heteroatoms. The van der Waals surface area contributed by atoms with Crippen molar-refractivity contribution in [3.05, 3.63) is 0 Å². The highest BCUT2D eigenvalue weighted by Gasteiger charge is 2.38. The third-order valence-electron chi connectivity index (χ3n) is 5.31. The fourth-order valence-corrected chi connectivity index (χ4v) is 5.68. The molecule has 0 aromatic carbocycles. The number of amides is 1. The lowest BCUT2D eigenvalue weighted by Gasteiger charge is -2.38. The zero-order chi connectivity index (χ0) is 16.2. The first-order valence-corrected chi connectivity index (χ1v) is 10.4. The van der Waals surface area contributed by atoms with Crippen molar-refractivity contribution >= 4 is 28.2 Å². The molecule has 0 radical (unpaired) electrons. The van der Waals surface area contributed by atoms with E-state index in [4.69, 9.17) is 5.73 Å². The van der Waals surface area contributed by atoms with E-state index in [0.29, 0.717) is 25.9 Å². The molecule has 2 rings (SSSR count). The first-order chi connectivity index (χ1) is 10.4. The maximum atomic E-state index is 12.8. The summed E-state index contributed by atoms with van der Waals surface area (Å²) in [7, 11) is -2.96. The third kappa shape index (κ3) is 5.33. The Morgan fingerprint density at radius 3 is 2.39 bits per heavy atom. The van der Waals surface area contributed by atoms with Crippen LogP contribution < -0.4 is 5.73 Å². The molecule has 1 heterocycles. The third-order valence-corrected chi connectivity index (χ3v) is 7.06. The van der Waals surface area contributed by atoms with Gasteiger partial charge in [0.15, 0.2) is 9.84 Å². The average molecular weight is 367 g/mol. The number of carbonyl (C=O) groups is 1. The minimum atomic E-state index is -2.96. The van der Waals surface area contributed by atoms with Gasteiger partial charge in [0.25, 0.3) is 0 Å². The Labute approximate surface area is 146 Å². The van der Waals surface area contributed by atoms with Crippen LogP contribution in [0.5, 0.6) is 0 Å². The molecule has 1 aliphatic heterocycles. The number of sulfone groups is 1. The molecule has 1 unspecified atom stereocenters. The predicted molar refractivity (Wildman–Crippen MR) is 95.5 cm³/mol. The van der Waals surface area contributed by atoms with Crippen molar-refractivity contribution in [2.75, 3.05) is 24.6 Å². The van der Waals surface area contributed by atoms with E-state index in [9.17, 15) is 13.2 Å². The Bertz CT molecular complexity index is 490. The second-order valence-corrected chi connectivity index (χ2v) is 9.31. The Kier molecular flexibility index (Phi) is 7.81. The van der Waals surface area contributed by atoms with E-state index in [1.165, 1.54) is 6.42 Å². The minimum Gasteiger partial charge on any atom is -0.339 e. The van der Waals surface area contributed by atoms with Gasteiger partial charge in [0, 0.05) is 19.0 Å². The topological polar surface area (TPSA) is 80.5 Å². The van der Waals surface area contributed by atoms with Crippen molar-refractivity contribution in [3.63, 3.8) is 0 Å². The quantitative estimate of drug-likeness (QED) is 0.780. The Morgan fingerprint density at radius 2 is 1.91 bits per heavy atom. The lowest BCUT2D eigenvalue weighted by molar-refractivity contribution is -0.136. The summed E-state index contributed by atoms with van der Waals surface area (Å²) in [6.07, 6.45) is 7.51. The molecular weight excluding hydrogens is 336 g/mol. The highest BCUT2D eigenvalue weighted by Crippen LogP contribution is 2.39. The summed E-state index contributed by atoms with van der Waals surface area (Å²) < 4.78 is 23.4. The molecule has 2 fully saturated rings. The van der Waals surface area contributed by atoms with Gasteiger partial charge in [0.1, 0.15) is 0 Å². The van der Waals surface area contributed by atoms with E-state index in [1.807, 2.05) is 11.8 Å². The van der Waals surface area contributed by atoms with Crippen LogP contribution in [0.3, 0.4) is 0 Å². The van der Waals surface area contributed by atoms with Crippen LogP contribution in [-0.4, -0.2) is 49.9 Å². The molecular formula is C16H31ClN2O3S. The molecule has 2 N–H and O–H groups in total. The summed E-state index contributed by atoms with van der Waals surface area (Å²) in [6, 6.07) is -0.129. The Balaban J connectivity index is 0.00000264. The fourth-order valence-electron chi connectivity index (χ4n) is 3.95. The van der Waals surface area contributed by atoms with E-state index in [1.54, 1.807) is 0 Å². The number of halogens is 1. The van der Waals surface area contributed by atoms with Crippen LogP contribution in [0.15, 0.2) is 0 Å². The van der Waals surface area contributed by atoms with Crippen LogP contribution in [-0.2, 0) is 14.6 Å². The van der Waals surface area contributed by atoms with Crippen molar-refractivity contribution in [1.29, 1.82) is 0 Å². The summed E-state index contributed by atoms with van der Waals surface area (Å²) in [4.78, 5) is 14.7. The zero-order valence-electron chi connectivity index (χ0n) is 14.1. The normalized spacial score (nSPS) is 25.6. The van der Waals surface area contributed by atoms with Gasteiger partial charge in [-0.3, -0.25) is 4.79 Å². The monoisotopic (exact) mass is 366 g/mol. The largest absolute Gasteiger partial charge is 0.339 e. The lowest BCUT2D eigenvalue weighted by Crippen LogP contribution is -2.45. The van der Waals surface area contributed by atoms with E-state index in [0.717, 1.165) is 32.1 Å². The summed E-state index contributed by atoms with van der Waals surface area (Å²) >= 11 is 0. The van der Waals surface area contributed by atoms with E-state index in [2.05, 4.69) is 0 Å². The number of rotatable bonds is 6. The highest BCUT2D eigenvalue weighted by molar-refractivity contribution is 7.91. The molecule has 5 nitrogen and oxygen atoms in total. The first-order valence-electron chi connectivity index (χ1n) is 8.61. The first kappa shape index (κ1) is 20.7. The Morgan fingerprint density at radius 1 is 1.26 bits per heavy atom. The molecule has 0 aromatic heterocycles. The van der Waals surface area contributed by atoms with Crippen LogP contribution in [0.25, 0.3) is 0 Å². The van der Waals surface area contributed by atoms with Gasteiger partial charge in [-0.1, -0.05) is 26.2 Å². The molecule has 23 heavy (non-hydrogen) atoms. The summed E-state index contributed by atoms with van der Waals surface area (Å²) in [5, 5.41) is 0. The van der Waals surface area contributed by atoms with Crippen molar-refractivity contribution in [1.82, 2.24) is 4.90 Å². The van der Waals surface area contributed by atoms with Crippen LogP contribution in [0.4, 0.5) is 0 Å². The Hall–Kier alpha value is -0.330. The molecule has 1 saturated carbocycles. The second kappa shape index (κ2) is 8.67. The molecule has 1 amide bonds.